The maximum atomic E-state index is 14.1. The van der Waals surface area contributed by atoms with Crippen LogP contribution < -0.4 is 16.0 Å². The summed E-state index contributed by atoms with van der Waals surface area (Å²) in [7, 11) is 1.58. The molecule has 1 fully saturated rings. The number of nitrogens with zero attached hydrogens (tertiary/aromatic N) is 1. The number of aliphatic hydroxyl groups is 1. The zero-order chi connectivity index (χ0) is 27.6. The van der Waals surface area contributed by atoms with E-state index in [4.69, 9.17) is 25.8 Å². The monoisotopic (exact) mass is 552 g/mol. The van der Waals surface area contributed by atoms with Crippen LogP contribution in [0.2, 0.25) is 0 Å². The number of aliphatic hydroxyl groups excluding tert-OH is 1. The van der Waals surface area contributed by atoms with Crippen LogP contribution in [0.15, 0.2) is 101 Å². The van der Waals surface area contributed by atoms with E-state index in [2.05, 4.69) is 0 Å². The minimum Gasteiger partial charge on any atom is -0.497 e. The van der Waals surface area contributed by atoms with Gasteiger partial charge in [0.25, 0.3) is 5.56 Å². The Bertz CT molecular complexity index is 1490. The van der Waals surface area contributed by atoms with Crippen molar-refractivity contribution in [1.82, 2.24) is 9.55 Å². The summed E-state index contributed by atoms with van der Waals surface area (Å²) in [5.41, 5.74) is -0.993. The van der Waals surface area contributed by atoms with E-state index >= 15 is 0 Å². The van der Waals surface area contributed by atoms with Crippen LogP contribution in [0.4, 0.5) is 4.39 Å². The molecule has 1 aromatic heterocycles. The van der Waals surface area contributed by atoms with Crippen molar-refractivity contribution in [2.75, 3.05) is 13.7 Å². The fraction of sp³-hybridized carbons (Fsp3) is 0.241. The molecule has 4 atom stereocenters. The van der Waals surface area contributed by atoms with Crippen molar-refractivity contribution in [1.29, 1.82) is 0 Å². The van der Waals surface area contributed by atoms with Crippen LogP contribution in [-0.4, -0.2) is 46.0 Å². The molecular formula is C29H26ClFN2O6. The molecule has 0 spiro atoms. The van der Waals surface area contributed by atoms with E-state index in [9.17, 15) is 19.1 Å². The van der Waals surface area contributed by atoms with Crippen molar-refractivity contribution < 1.29 is 23.7 Å². The number of benzene rings is 3. The van der Waals surface area contributed by atoms with Crippen molar-refractivity contribution in [2.45, 2.75) is 29.4 Å². The summed E-state index contributed by atoms with van der Waals surface area (Å²) in [6, 6.07) is 26.4. The van der Waals surface area contributed by atoms with Gasteiger partial charge >= 0.3 is 5.69 Å². The molecule has 10 heteroatoms. The maximum absolute atomic E-state index is 14.1. The number of aromatic amines is 1. The normalized spacial score (nSPS) is 21.1. The summed E-state index contributed by atoms with van der Waals surface area (Å²) in [5, 5.41) is 9.20. The number of alkyl halides is 1. The zero-order valence-electron chi connectivity index (χ0n) is 20.9. The van der Waals surface area contributed by atoms with Crippen molar-refractivity contribution >= 4 is 11.6 Å². The molecule has 39 heavy (non-hydrogen) atoms. The third-order valence-corrected chi connectivity index (χ3v) is 7.28. The number of H-pyrrole nitrogens is 1. The Kier molecular flexibility index (Phi) is 7.67. The van der Waals surface area contributed by atoms with Gasteiger partial charge in [-0.15, -0.1) is 11.6 Å². The average Bonchev–Trinajstić information content (AvgIpc) is 3.29. The third kappa shape index (κ3) is 4.90. The Labute approximate surface area is 228 Å². The van der Waals surface area contributed by atoms with Gasteiger partial charge in [0.15, 0.2) is 6.23 Å². The summed E-state index contributed by atoms with van der Waals surface area (Å²) in [6.45, 7) is -0.493. The van der Waals surface area contributed by atoms with Gasteiger partial charge in [0.2, 0.25) is 5.82 Å². The highest BCUT2D eigenvalue weighted by atomic mass is 35.5. The predicted octanol–water partition coefficient (Wildman–Crippen LogP) is 3.56. The van der Waals surface area contributed by atoms with Crippen molar-refractivity contribution in [3.63, 3.8) is 0 Å². The number of ether oxygens (including phenoxy) is 3. The highest BCUT2D eigenvalue weighted by Crippen LogP contribution is 2.46. The second-order valence-corrected chi connectivity index (χ2v) is 9.56. The van der Waals surface area contributed by atoms with Gasteiger partial charge in [-0.3, -0.25) is 14.3 Å². The van der Waals surface area contributed by atoms with Crippen LogP contribution in [0, 0.1) is 5.82 Å². The molecule has 2 heterocycles. The predicted molar refractivity (Wildman–Crippen MR) is 143 cm³/mol. The molecule has 4 aromatic rings. The van der Waals surface area contributed by atoms with E-state index in [1.807, 2.05) is 89.9 Å². The van der Waals surface area contributed by atoms with Crippen LogP contribution in [0.25, 0.3) is 0 Å². The van der Waals surface area contributed by atoms with Gasteiger partial charge in [-0.25, -0.2) is 4.79 Å². The molecular weight excluding hydrogens is 527 g/mol. The minimum atomic E-state index is -1.24. The fourth-order valence-corrected chi connectivity index (χ4v) is 5.33. The Morgan fingerprint density at radius 3 is 2.08 bits per heavy atom. The first-order valence-electron chi connectivity index (χ1n) is 12.2. The summed E-state index contributed by atoms with van der Waals surface area (Å²) in [4.78, 5) is 26.0. The van der Waals surface area contributed by atoms with Gasteiger partial charge in [-0.1, -0.05) is 72.8 Å². The van der Waals surface area contributed by atoms with Crippen molar-refractivity contribution in [3.05, 3.63) is 134 Å². The summed E-state index contributed by atoms with van der Waals surface area (Å²) >= 11 is 6.88. The van der Waals surface area contributed by atoms with Crippen molar-refractivity contribution in [3.8, 4) is 5.75 Å². The molecule has 0 unspecified atom stereocenters. The number of hydrogen-bond donors (Lipinski definition) is 2. The van der Waals surface area contributed by atoms with Crippen LogP contribution in [0.5, 0.6) is 5.75 Å². The van der Waals surface area contributed by atoms with Gasteiger partial charge in [-0.05, 0) is 28.8 Å². The van der Waals surface area contributed by atoms with Crippen molar-refractivity contribution in [2.24, 2.45) is 0 Å². The highest BCUT2D eigenvalue weighted by Gasteiger charge is 2.51. The van der Waals surface area contributed by atoms with Gasteiger partial charge in [0, 0.05) is 0 Å². The smallest absolute Gasteiger partial charge is 0.330 e. The number of halogens is 2. The second-order valence-electron chi connectivity index (χ2n) is 9.06. The zero-order valence-corrected chi connectivity index (χ0v) is 21.6. The molecule has 2 N–H and O–H groups in total. The molecule has 1 saturated heterocycles. The molecule has 3 aromatic carbocycles. The molecule has 1 aliphatic heterocycles. The minimum absolute atomic E-state index is 0.493. The lowest BCUT2D eigenvalue weighted by atomic mass is 9.79. The number of rotatable bonds is 8. The second kappa shape index (κ2) is 11.2. The van der Waals surface area contributed by atoms with E-state index in [0.717, 1.165) is 27.5 Å². The van der Waals surface area contributed by atoms with Crippen LogP contribution in [0.1, 0.15) is 22.9 Å². The molecule has 0 aliphatic carbocycles. The Morgan fingerprint density at radius 1 is 0.974 bits per heavy atom. The van der Waals surface area contributed by atoms with E-state index in [0.29, 0.717) is 5.75 Å². The molecule has 202 valence electrons. The van der Waals surface area contributed by atoms with E-state index < -0.39 is 53.1 Å². The Balaban J connectivity index is 1.67. The number of nitrogens with one attached hydrogen (secondary N) is 1. The highest BCUT2D eigenvalue weighted by molar-refractivity contribution is 6.21. The van der Waals surface area contributed by atoms with Crippen LogP contribution >= 0.6 is 11.6 Å². The third-order valence-electron chi connectivity index (χ3n) is 6.82. The lowest BCUT2D eigenvalue weighted by Crippen LogP contribution is -2.44. The lowest BCUT2D eigenvalue weighted by molar-refractivity contribution is -0.0992. The quantitative estimate of drug-likeness (QED) is 0.256. The summed E-state index contributed by atoms with van der Waals surface area (Å²) in [6.07, 6.45) is -2.45. The number of methoxy groups -OCH3 is 1. The van der Waals surface area contributed by atoms with Crippen LogP contribution in [0.3, 0.4) is 0 Å². The fourth-order valence-electron chi connectivity index (χ4n) is 4.94. The Morgan fingerprint density at radius 2 is 1.54 bits per heavy atom. The summed E-state index contributed by atoms with van der Waals surface area (Å²) < 4.78 is 33.2. The largest absolute Gasteiger partial charge is 0.497 e. The van der Waals surface area contributed by atoms with E-state index in [1.165, 1.54) is 0 Å². The van der Waals surface area contributed by atoms with E-state index in [1.54, 1.807) is 7.11 Å². The Hall–Kier alpha value is -3.76. The molecule has 5 rings (SSSR count). The SMILES string of the molecule is COc1ccc(C(O[C@H]2[C@H](Cl)[C@H](n3cc(F)c(=O)[nH]c3=O)O[C@@H]2CO)(c2ccccc2)c2ccccc2)cc1. The van der Waals surface area contributed by atoms with Gasteiger partial charge in [0.1, 0.15) is 28.9 Å². The average molecular weight is 553 g/mol. The lowest BCUT2D eigenvalue weighted by Gasteiger charge is -2.39. The van der Waals surface area contributed by atoms with Crippen LogP contribution in [-0.2, 0) is 15.1 Å². The first kappa shape index (κ1) is 26.8. The van der Waals surface area contributed by atoms with Gasteiger partial charge < -0.3 is 19.3 Å². The molecule has 1 aliphatic rings. The topological polar surface area (TPSA) is 103 Å². The molecule has 0 radical (unpaired) electrons. The summed E-state index contributed by atoms with van der Waals surface area (Å²) in [5.74, 6) is -0.519. The molecule has 8 nitrogen and oxygen atoms in total. The molecule has 0 amide bonds. The first-order chi connectivity index (χ1) is 18.9. The first-order valence-corrected chi connectivity index (χ1v) is 12.7. The van der Waals surface area contributed by atoms with E-state index in [-0.39, 0.29) is 0 Å². The number of aromatic nitrogens is 2. The maximum Gasteiger partial charge on any atom is 0.330 e. The van der Waals surface area contributed by atoms with Gasteiger partial charge in [0.05, 0.1) is 19.9 Å². The molecule has 0 saturated carbocycles. The van der Waals surface area contributed by atoms with Gasteiger partial charge in [-0.2, -0.15) is 4.39 Å². The standard InChI is InChI=1S/C29H26ClFN2O6/c1-37-21-14-12-20(13-15-21)29(18-8-4-2-5-9-18,19-10-6-3-7-11-19)39-25-23(17-34)38-27(24(25)30)33-16-22(31)26(35)32-28(33)36/h2-16,23-25,27,34H,17H2,1H3,(H,32,35,36)/t23-,24+,25-,27-/m1/s1. The number of hydrogen-bond acceptors (Lipinski definition) is 6. The molecule has 0 bridgehead atoms.